The first kappa shape index (κ1) is 15.5. The molecule has 0 aliphatic carbocycles. The van der Waals surface area contributed by atoms with Crippen molar-refractivity contribution in [3.05, 3.63) is 41.0 Å². The van der Waals surface area contributed by atoms with Gasteiger partial charge in [0.25, 0.3) is 0 Å². The number of aromatic nitrogens is 2. The normalized spacial score (nSPS) is 11.1. The van der Waals surface area contributed by atoms with Crippen molar-refractivity contribution >= 4 is 0 Å². The van der Waals surface area contributed by atoms with E-state index in [-0.39, 0.29) is 0 Å². The molecule has 0 spiro atoms. The van der Waals surface area contributed by atoms with E-state index in [1.165, 1.54) is 5.56 Å². The second-order valence-electron chi connectivity index (χ2n) is 5.65. The summed E-state index contributed by atoms with van der Waals surface area (Å²) in [7, 11) is 0. The molecule has 114 valence electrons. The Bertz CT molecular complexity index is 579. The van der Waals surface area contributed by atoms with Crippen molar-refractivity contribution < 1.29 is 9.26 Å². The van der Waals surface area contributed by atoms with Gasteiger partial charge in [0.15, 0.2) is 6.61 Å². The van der Waals surface area contributed by atoms with E-state index in [1.807, 2.05) is 12.1 Å². The van der Waals surface area contributed by atoms with Crippen molar-refractivity contribution in [3.63, 3.8) is 0 Å². The Hall–Kier alpha value is -1.88. The molecule has 0 fully saturated rings. The third-order valence-corrected chi connectivity index (χ3v) is 3.01. The van der Waals surface area contributed by atoms with E-state index < -0.39 is 0 Å². The minimum absolute atomic E-state index is 0.317. The van der Waals surface area contributed by atoms with Crippen LogP contribution in [0.4, 0.5) is 0 Å². The molecule has 1 aromatic heterocycles. The number of ether oxygens (including phenoxy) is 1. The number of nitrogens with one attached hydrogen (secondary N) is 1. The van der Waals surface area contributed by atoms with Crippen LogP contribution in [-0.2, 0) is 13.2 Å². The van der Waals surface area contributed by atoms with Crippen molar-refractivity contribution in [1.82, 2.24) is 15.5 Å². The number of nitrogens with zero attached hydrogens (tertiary/aromatic N) is 2. The maximum Gasteiger partial charge on any atom is 0.223 e. The molecule has 0 saturated carbocycles. The summed E-state index contributed by atoms with van der Waals surface area (Å²) in [4.78, 5) is 4.14. The molecule has 0 aliphatic rings. The van der Waals surface area contributed by atoms with Gasteiger partial charge in [-0.25, -0.2) is 0 Å². The predicted octanol–water partition coefficient (Wildman–Crippen LogP) is 3.01. The van der Waals surface area contributed by atoms with Crippen LogP contribution in [-0.4, -0.2) is 16.7 Å². The number of rotatable bonds is 7. The van der Waals surface area contributed by atoms with Crippen LogP contribution in [0.25, 0.3) is 0 Å². The van der Waals surface area contributed by atoms with Crippen LogP contribution in [0.1, 0.15) is 36.7 Å². The van der Waals surface area contributed by atoms with E-state index >= 15 is 0 Å². The molecule has 1 N–H and O–H groups in total. The molecule has 2 rings (SSSR count). The van der Waals surface area contributed by atoms with Gasteiger partial charge in [0.1, 0.15) is 5.75 Å². The maximum atomic E-state index is 5.82. The zero-order valence-electron chi connectivity index (χ0n) is 13.1. The standard InChI is InChI=1S/C16H23N3O2/c1-11(2)8-17-9-14-7-12(3)5-6-15(14)20-10-16-18-13(4)21-19-16/h5-7,11,17H,8-10H2,1-4H3. The van der Waals surface area contributed by atoms with Crippen LogP contribution in [0, 0.1) is 19.8 Å². The van der Waals surface area contributed by atoms with Crippen molar-refractivity contribution in [2.45, 2.75) is 40.8 Å². The average molecular weight is 289 g/mol. The van der Waals surface area contributed by atoms with Gasteiger partial charge < -0.3 is 14.6 Å². The SMILES string of the molecule is Cc1ccc(OCc2noc(C)n2)c(CNCC(C)C)c1. The van der Waals surface area contributed by atoms with Gasteiger partial charge in [-0.1, -0.05) is 36.7 Å². The average Bonchev–Trinajstić information content (AvgIpc) is 2.83. The number of hydrogen-bond acceptors (Lipinski definition) is 5. The molecule has 0 amide bonds. The van der Waals surface area contributed by atoms with Crippen LogP contribution in [0.3, 0.4) is 0 Å². The molecule has 0 aliphatic heterocycles. The zero-order chi connectivity index (χ0) is 15.2. The summed E-state index contributed by atoms with van der Waals surface area (Å²) in [6, 6.07) is 6.18. The third kappa shape index (κ3) is 4.86. The van der Waals surface area contributed by atoms with E-state index in [2.05, 4.69) is 42.3 Å². The van der Waals surface area contributed by atoms with Gasteiger partial charge in [-0.05, 0) is 25.5 Å². The highest BCUT2D eigenvalue weighted by molar-refractivity contribution is 5.36. The van der Waals surface area contributed by atoms with E-state index in [0.717, 1.165) is 24.4 Å². The molecular weight excluding hydrogens is 266 g/mol. The van der Waals surface area contributed by atoms with E-state index in [0.29, 0.717) is 24.2 Å². The minimum atomic E-state index is 0.317. The maximum absolute atomic E-state index is 5.82. The summed E-state index contributed by atoms with van der Waals surface area (Å²) in [5.74, 6) is 2.60. The highest BCUT2D eigenvalue weighted by Gasteiger charge is 2.08. The van der Waals surface area contributed by atoms with Gasteiger partial charge in [-0.2, -0.15) is 4.98 Å². The Morgan fingerprint density at radius 2 is 2.10 bits per heavy atom. The van der Waals surface area contributed by atoms with E-state index in [4.69, 9.17) is 9.26 Å². The van der Waals surface area contributed by atoms with Crippen LogP contribution in [0.5, 0.6) is 5.75 Å². The smallest absolute Gasteiger partial charge is 0.223 e. The zero-order valence-corrected chi connectivity index (χ0v) is 13.1. The van der Waals surface area contributed by atoms with Crippen molar-refractivity contribution in [1.29, 1.82) is 0 Å². The van der Waals surface area contributed by atoms with Crippen LogP contribution in [0.15, 0.2) is 22.7 Å². The highest BCUT2D eigenvalue weighted by Crippen LogP contribution is 2.21. The quantitative estimate of drug-likeness (QED) is 0.849. The summed E-state index contributed by atoms with van der Waals surface area (Å²) in [5, 5.41) is 7.28. The highest BCUT2D eigenvalue weighted by atomic mass is 16.5. The lowest BCUT2D eigenvalue weighted by molar-refractivity contribution is 0.282. The van der Waals surface area contributed by atoms with E-state index in [9.17, 15) is 0 Å². The van der Waals surface area contributed by atoms with Crippen molar-refractivity contribution in [2.75, 3.05) is 6.54 Å². The first-order chi connectivity index (χ1) is 10.0. The largest absolute Gasteiger partial charge is 0.485 e. The van der Waals surface area contributed by atoms with Crippen molar-refractivity contribution in [2.24, 2.45) is 5.92 Å². The fourth-order valence-electron chi connectivity index (χ4n) is 2.02. The van der Waals surface area contributed by atoms with Crippen LogP contribution < -0.4 is 10.1 Å². The molecule has 0 atom stereocenters. The molecule has 0 radical (unpaired) electrons. The molecule has 2 aromatic rings. The third-order valence-electron chi connectivity index (χ3n) is 3.01. The van der Waals surface area contributed by atoms with Gasteiger partial charge in [0.05, 0.1) is 0 Å². The molecule has 5 nitrogen and oxygen atoms in total. The summed E-state index contributed by atoms with van der Waals surface area (Å²) in [6.45, 7) is 10.3. The lowest BCUT2D eigenvalue weighted by Gasteiger charge is -2.13. The Labute approximate surface area is 125 Å². The molecule has 1 aromatic carbocycles. The van der Waals surface area contributed by atoms with Gasteiger partial charge in [0.2, 0.25) is 11.7 Å². The summed E-state index contributed by atoms with van der Waals surface area (Å²) >= 11 is 0. The predicted molar refractivity (Wildman–Crippen MR) is 81.1 cm³/mol. The Kier molecular flexibility index (Phi) is 5.33. The number of benzene rings is 1. The fourth-order valence-corrected chi connectivity index (χ4v) is 2.02. The molecular formula is C16H23N3O2. The molecule has 5 heteroatoms. The fraction of sp³-hybridized carbons (Fsp3) is 0.500. The first-order valence-electron chi connectivity index (χ1n) is 7.27. The summed E-state index contributed by atoms with van der Waals surface area (Å²) in [5.41, 5.74) is 2.37. The lowest BCUT2D eigenvalue weighted by Crippen LogP contribution is -2.19. The summed E-state index contributed by atoms with van der Waals surface area (Å²) < 4.78 is 10.8. The monoisotopic (exact) mass is 289 g/mol. The Morgan fingerprint density at radius 3 is 2.76 bits per heavy atom. The van der Waals surface area contributed by atoms with Gasteiger partial charge in [-0.15, -0.1) is 0 Å². The van der Waals surface area contributed by atoms with Crippen LogP contribution in [0.2, 0.25) is 0 Å². The minimum Gasteiger partial charge on any atom is -0.485 e. The molecule has 0 bridgehead atoms. The Balaban J connectivity index is 2.00. The lowest BCUT2D eigenvalue weighted by atomic mass is 10.1. The van der Waals surface area contributed by atoms with Gasteiger partial charge >= 0.3 is 0 Å². The topological polar surface area (TPSA) is 60.2 Å². The molecule has 0 saturated heterocycles. The molecule has 1 heterocycles. The number of aryl methyl sites for hydroxylation is 2. The van der Waals surface area contributed by atoms with E-state index in [1.54, 1.807) is 6.92 Å². The van der Waals surface area contributed by atoms with Crippen LogP contribution >= 0.6 is 0 Å². The van der Waals surface area contributed by atoms with Crippen molar-refractivity contribution in [3.8, 4) is 5.75 Å². The molecule has 0 unspecified atom stereocenters. The second kappa shape index (κ2) is 7.22. The van der Waals surface area contributed by atoms with Gasteiger partial charge in [-0.3, -0.25) is 0 Å². The van der Waals surface area contributed by atoms with Gasteiger partial charge in [0, 0.05) is 19.0 Å². The summed E-state index contributed by atoms with van der Waals surface area (Å²) in [6.07, 6.45) is 0. The Morgan fingerprint density at radius 1 is 1.29 bits per heavy atom. The first-order valence-corrected chi connectivity index (χ1v) is 7.27. The number of hydrogen-bond donors (Lipinski definition) is 1. The molecule has 21 heavy (non-hydrogen) atoms. The second-order valence-corrected chi connectivity index (χ2v) is 5.65.